The van der Waals surface area contributed by atoms with Crippen molar-refractivity contribution < 1.29 is 0 Å². The van der Waals surface area contributed by atoms with Crippen LogP contribution < -0.4 is 0 Å². The number of hydrogen-bond donors (Lipinski definition) is 0. The number of rotatable bonds is 5. The summed E-state index contributed by atoms with van der Waals surface area (Å²) in [6.45, 7) is 4.74. The molecule has 0 saturated carbocycles. The van der Waals surface area contributed by atoms with Crippen molar-refractivity contribution in [2.75, 3.05) is 13.1 Å². The highest BCUT2D eigenvalue weighted by atomic mass is 15.2. The van der Waals surface area contributed by atoms with Crippen LogP contribution in [-0.4, -0.2) is 24.0 Å². The van der Waals surface area contributed by atoms with Crippen LogP contribution in [0.3, 0.4) is 0 Å². The highest BCUT2D eigenvalue weighted by Gasteiger charge is 2.25. The molecule has 0 radical (unpaired) electrons. The molecule has 0 bridgehead atoms. The predicted octanol–water partition coefficient (Wildman–Crippen LogP) is 5.08. The Labute approximate surface area is 135 Å². The Morgan fingerprint density at radius 3 is 2.05 bits per heavy atom. The molecule has 22 heavy (non-hydrogen) atoms. The first-order valence-electron chi connectivity index (χ1n) is 8.72. The van der Waals surface area contributed by atoms with Crippen LogP contribution in [0.2, 0.25) is 0 Å². The number of likely N-dealkylation sites (tertiary alicyclic amines) is 1. The summed E-state index contributed by atoms with van der Waals surface area (Å²) >= 11 is 0. The molecule has 0 spiro atoms. The minimum absolute atomic E-state index is 0.481. The molecule has 1 atom stereocenters. The first-order valence-corrected chi connectivity index (χ1v) is 8.72. The quantitative estimate of drug-likeness (QED) is 0.743. The van der Waals surface area contributed by atoms with Crippen molar-refractivity contribution in [2.45, 2.75) is 44.6 Å². The Bertz CT molecular complexity index is 509. The van der Waals surface area contributed by atoms with Crippen LogP contribution in [0.15, 0.2) is 60.7 Å². The molecule has 1 aliphatic rings. The summed E-state index contributed by atoms with van der Waals surface area (Å²) < 4.78 is 0. The van der Waals surface area contributed by atoms with Gasteiger partial charge in [-0.25, -0.2) is 0 Å². The highest BCUT2D eigenvalue weighted by molar-refractivity contribution is 5.32. The van der Waals surface area contributed by atoms with Gasteiger partial charge in [0.1, 0.15) is 0 Å². The monoisotopic (exact) mass is 293 g/mol. The summed E-state index contributed by atoms with van der Waals surface area (Å²) in [5, 5.41) is 0. The maximum absolute atomic E-state index is 2.73. The number of benzene rings is 2. The molecule has 3 rings (SSSR count). The molecule has 1 heteroatoms. The topological polar surface area (TPSA) is 3.24 Å². The van der Waals surface area contributed by atoms with Crippen LogP contribution in [0.1, 0.15) is 49.7 Å². The summed E-state index contributed by atoms with van der Waals surface area (Å²) in [6.07, 6.45) is 5.40. The Balaban J connectivity index is 1.86. The highest BCUT2D eigenvalue weighted by Crippen LogP contribution is 2.29. The van der Waals surface area contributed by atoms with Gasteiger partial charge in [0.15, 0.2) is 0 Å². The van der Waals surface area contributed by atoms with Crippen molar-refractivity contribution in [3.8, 4) is 0 Å². The molecule has 0 aromatic heterocycles. The largest absolute Gasteiger partial charge is 0.299 e. The third kappa shape index (κ3) is 3.59. The smallest absolute Gasteiger partial charge is 0.0217 e. The van der Waals surface area contributed by atoms with Crippen LogP contribution >= 0.6 is 0 Å². The molecule has 0 N–H and O–H groups in total. The lowest BCUT2D eigenvalue weighted by Gasteiger charge is -2.37. The van der Waals surface area contributed by atoms with Gasteiger partial charge in [0.05, 0.1) is 0 Å². The van der Waals surface area contributed by atoms with Gasteiger partial charge in [-0.1, -0.05) is 74.0 Å². The van der Waals surface area contributed by atoms with Crippen molar-refractivity contribution in [3.63, 3.8) is 0 Å². The van der Waals surface area contributed by atoms with Gasteiger partial charge in [0.2, 0.25) is 0 Å². The second-order valence-electron chi connectivity index (χ2n) is 6.43. The summed E-state index contributed by atoms with van der Waals surface area (Å²) in [7, 11) is 0. The Kier molecular flexibility index (Phi) is 5.29. The van der Waals surface area contributed by atoms with E-state index in [-0.39, 0.29) is 0 Å². The Morgan fingerprint density at radius 1 is 0.909 bits per heavy atom. The van der Waals surface area contributed by atoms with Crippen molar-refractivity contribution in [1.29, 1.82) is 0 Å². The molecule has 116 valence electrons. The molecule has 2 aromatic carbocycles. The molecular formula is C21H27N. The fraction of sp³-hybridized carbons (Fsp3) is 0.429. The molecule has 2 aromatic rings. The van der Waals surface area contributed by atoms with E-state index in [1.807, 2.05) is 0 Å². The zero-order valence-electron chi connectivity index (χ0n) is 13.6. The SMILES string of the molecule is CCC1CCCCN1CC(c1ccccc1)c1ccccc1. The molecule has 0 aliphatic carbocycles. The van der Waals surface area contributed by atoms with Gasteiger partial charge in [-0.2, -0.15) is 0 Å². The average molecular weight is 293 g/mol. The minimum Gasteiger partial charge on any atom is -0.299 e. The fourth-order valence-electron chi connectivity index (χ4n) is 3.77. The second-order valence-corrected chi connectivity index (χ2v) is 6.43. The van der Waals surface area contributed by atoms with Crippen LogP contribution in [-0.2, 0) is 0 Å². The van der Waals surface area contributed by atoms with Crippen molar-refractivity contribution >= 4 is 0 Å². The maximum Gasteiger partial charge on any atom is 0.0217 e. The van der Waals surface area contributed by atoms with Crippen molar-refractivity contribution in [1.82, 2.24) is 4.90 Å². The first kappa shape index (κ1) is 15.3. The molecule has 1 saturated heterocycles. The minimum atomic E-state index is 0.481. The van der Waals surface area contributed by atoms with Gasteiger partial charge in [-0.05, 0) is 36.9 Å². The summed E-state index contributed by atoms with van der Waals surface area (Å²) in [4.78, 5) is 2.73. The molecule has 1 aliphatic heterocycles. The molecule has 1 unspecified atom stereocenters. The Morgan fingerprint density at radius 2 is 1.50 bits per heavy atom. The normalized spacial score (nSPS) is 19.5. The summed E-state index contributed by atoms with van der Waals surface area (Å²) in [5.41, 5.74) is 2.88. The fourth-order valence-corrected chi connectivity index (χ4v) is 3.77. The molecule has 1 heterocycles. The van der Waals surface area contributed by atoms with E-state index in [1.165, 1.54) is 43.4 Å². The van der Waals surface area contributed by atoms with Crippen molar-refractivity contribution in [2.24, 2.45) is 0 Å². The molecular weight excluding hydrogens is 266 g/mol. The van der Waals surface area contributed by atoms with Gasteiger partial charge < -0.3 is 0 Å². The van der Waals surface area contributed by atoms with Gasteiger partial charge in [-0.3, -0.25) is 4.90 Å². The van der Waals surface area contributed by atoms with Gasteiger partial charge in [0.25, 0.3) is 0 Å². The molecule has 0 amide bonds. The van der Waals surface area contributed by atoms with E-state index in [4.69, 9.17) is 0 Å². The van der Waals surface area contributed by atoms with Gasteiger partial charge in [-0.15, -0.1) is 0 Å². The van der Waals surface area contributed by atoms with E-state index in [0.29, 0.717) is 5.92 Å². The lowest BCUT2D eigenvalue weighted by atomic mass is 9.89. The lowest BCUT2D eigenvalue weighted by molar-refractivity contribution is 0.140. The van der Waals surface area contributed by atoms with Crippen LogP contribution in [0, 0.1) is 0 Å². The summed E-state index contributed by atoms with van der Waals surface area (Å²) in [6, 6.07) is 22.8. The van der Waals surface area contributed by atoms with E-state index in [2.05, 4.69) is 72.5 Å². The molecule has 1 nitrogen and oxygen atoms in total. The zero-order chi connectivity index (χ0) is 15.2. The summed E-state index contributed by atoms with van der Waals surface area (Å²) in [5.74, 6) is 0.481. The predicted molar refractivity (Wildman–Crippen MR) is 94.2 cm³/mol. The zero-order valence-corrected chi connectivity index (χ0v) is 13.6. The van der Waals surface area contributed by atoms with Gasteiger partial charge in [0, 0.05) is 18.5 Å². The second kappa shape index (κ2) is 7.60. The van der Waals surface area contributed by atoms with Crippen LogP contribution in [0.5, 0.6) is 0 Å². The number of hydrogen-bond acceptors (Lipinski definition) is 1. The van der Waals surface area contributed by atoms with E-state index in [0.717, 1.165) is 12.6 Å². The standard InChI is InChI=1S/C21H27N/c1-2-20-15-9-10-16-22(20)17-21(18-11-5-3-6-12-18)19-13-7-4-8-14-19/h3-8,11-14,20-21H,2,9-10,15-17H2,1H3. The van der Waals surface area contributed by atoms with Gasteiger partial charge >= 0.3 is 0 Å². The van der Waals surface area contributed by atoms with E-state index in [9.17, 15) is 0 Å². The Hall–Kier alpha value is -1.60. The molecule has 1 fully saturated rings. The lowest BCUT2D eigenvalue weighted by Crippen LogP contribution is -2.41. The maximum atomic E-state index is 2.73. The van der Waals surface area contributed by atoms with E-state index in [1.54, 1.807) is 0 Å². The number of piperidine rings is 1. The first-order chi connectivity index (χ1) is 10.9. The van der Waals surface area contributed by atoms with Crippen molar-refractivity contribution in [3.05, 3.63) is 71.8 Å². The number of nitrogens with zero attached hydrogens (tertiary/aromatic N) is 1. The van der Waals surface area contributed by atoms with E-state index < -0.39 is 0 Å². The third-order valence-electron chi connectivity index (χ3n) is 5.04. The third-order valence-corrected chi connectivity index (χ3v) is 5.04. The van der Waals surface area contributed by atoms with Crippen LogP contribution in [0.25, 0.3) is 0 Å². The van der Waals surface area contributed by atoms with E-state index >= 15 is 0 Å². The average Bonchev–Trinajstić information content (AvgIpc) is 2.61. The van der Waals surface area contributed by atoms with Crippen LogP contribution in [0.4, 0.5) is 0 Å².